The minimum atomic E-state index is -0.317. The van der Waals surface area contributed by atoms with Crippen LogP contribution in [0.2, 0.25) is 0 Å². The summed E-state index contributed by atoms with van der Waals surface area (Å²) in [7, 11) is 0. The molecule has 19 heavy (non-hydrogen) atoms. The van der Waals surface area contributed by atoms with Crippen molar-refractivity contribution < 1.29 is 4.79 Å². The van der Waals surface area contributed by atoms with Crippen LogP contribution < -0.4 is 5.32 Å². The highest BCUT2D eigenvalue weighted by Gasteiger charge is 2.52. The molecule has 4 heteroatoms. The zero-order chi connectivity index (χ0) is 13.3. The molecule has 1 N–H and O–H groups in total. The quantitative estimate of drug-likeness (QED) is 0.928. The summed E-state index contributed by atoms with van der Waals surface area (Å²) >= 11 is 1.63. The Hall–Kier alpha value is -2.12. The molecule has 0 radical (unpaired) electrons. The molecule has 1 heterocycles. The molecule has 2 aromatic rings. The monoisotopic (exact) mass is 268 g/mol. The highest BCUT2D eigenvalue weighted by molar-refractivity contribution is 7.10. The molecule has 1 amide bonds. The fraction of sp³-hybridized carbons (Fsp3) is 0.200. The maximum absolute atomic E-state index is 12.4. The van der Waals surface area contributed by atoms with E-state index in [0.29, 0.717) is 5.56 Å². The second kappa shape index (κ2) is 4.52. The normalized spacial score (nSPS) is 15.5. The first kappa shape index (κ1) is 11.9. The third kappa shape index (κ3) is 2.13. The summed E-state index contributed by atoms with van der Waals surface area (Å²) in [4.78, 5) is 13.5. The van der Waals surface area contributed by atoms with Gasteiger partial charge in [0.05, 0.1) is 17.0 Å². The van der Waals surface area contributed by atoms with Gasteiger partial charge in [0, 0.05) is 10.6 Å². The molecule has 3 nitrogen and oxygen atoms in total. The molecule has 1 aromatic carbocycles. The molecule has 94 valence electrons. The van der Waals surface area contributed by atoms with Crippen LogP contribution in [0.4, 0.5) is 5.69 Å². The van der Waals surface area contributed by atoms with E-state index in [4.69, 9.17) is 5.26 Å². The van der Waals surface area contributed by atoms with Gasteiger partial charge >= 0.3 is 0 Å². The van der Waals surface area contributed by atoms with Crippen molar-refractivity contribution in [1.82, 2.24) is 0 Å². The van der Waals surface area contributed by atoms with Gasteiger partial charge in [0.25, 0.3) is 0 Å². The van der Waals surface area contributed by atoms with Gasteiger partial charge in [-0.05, 0) is 48.6 Å². The average Bonchev–Trinajstić information content (AvgIpc) is 3.07. The molecule has 1 saturated carbocycles. The summed E-state index contributed by atoms with van der Waals surface area (Å²) in [5.74, 6) is 0.0552. The Kier molecular flexibility index (Phi) is 2.84. The van der Waals surface area contributed by atoms with E-state index >= 15 is 0 Å². The Labute approximate surface area is 115 Å². The summed E-state index contributed by atoms with van der Waals surface area (Å²) < 4.78 is 0. The first-order chi connectivity index (χ1) is 9.24. The number of rotatable bonds is 3. The number of carbonyl (C=O) groups is 1. The highest BCUT2D eigenvalue weighted by Crippen LogP contribution is 2.50. The lowest BCUT2D eigenvalue weighted by Crippen LogP contribution is -2.26. The second-order valence-corrected chi connectivity index (χ2v) is 5.65. The maximum Gasteiger partial charge on any atom is 0.235 e. The van der Waals surface area contributed by atoms with Crippen molar-refractivity contribution in [3.8, 4) is 6.07 Å². The Morgan fingerprint density at radius 3 is 2.53 bits per heavy atom. The summed E-state index contributed by atoms with van der Waals surface area (Å²) in [5.41, 5.74) is 1.02. The van der Waals surface area contributed by atoms with Gasteiger partial charge in [-0.1, -0.05) is 6.07 Å². The number of thiophene rings is 1. The Balaban J connectivity index is 1.77. The van der Waals surface area contributed by atoms with Crippen LogP contribution in [-0.2, 0) is 10.2 Å². The molecule has 0 bridgehead atoms. The van der Waals surface area contributed by atoms with E-state index in [1.54, 1.807) is 35.6 Å². The summed E-state index contributed by atoms with van der Waals surface area (Å²) in [6.45, 7) is 0. The number of amides is 1. The number of anilines is 1. The first-order valence-electron chi connectivity index (χ1n) is 6.10. The molecule has 1 fully saturated rings. The topological polar surface area (TPSA) is 52.9 Å². The Bertz CT molecular complexity index is 634. The molecule has 3 rings (SSSR count). The van der Waals surface area contributed by atoms with E-state index < -0.39 is 0 Å². The predicted octanol–water partition coefficient (Wildman–Crippen LogP) is 3.29. The maximum atomic E-state index is 12.4. The molecular weight excluding hydrogens is 256 g/mol. The lowest BCUT2D eigenvalue weighted by atomic mass is 10.0. The van der Waals surface area contributed by atoms with Crippen LogP contribution in [0.25, 0.3) is 0 Å². The number of hydrogen-bond donors (Lipinski definition) is 1. The van der Waals surface area contributed by atoms with E-state index in [1.165, 1.54) is 0 Å². The number of carbonyl (C=O) groups excluding carboxylic acids is 1. The van der Waals surface area contributed by atoms with Gasteiger partial charge in [0.1, 0.15) is 0 Å². The number of nitrogens with one attached hydrogen (secondary N) is 1. The molecular formula is C15H12N2OS. The lowest BCUT2D eigenvalue weighted by molar-refractivity contribution is -0.118. The lowest BCUT2D eigenvalue weighted by Gasteiger charge is -2.13. The van der Waals surface area contributed by atoms with Gasteiger partial charge in [-0.15, -0.1) is 11.3 Å². The van der Waals surface area contributed by atoms with Crippen LogP contribution in [-0.4, -0.2) is 5.91 Å². The molecule has 1 aromatic heterocycles. The van der Waals surface area contributed by atoms with Crippen LogP contribution in [0.15, 0.2) is 41.8 Å². The third-order valence-electron chi connectivity index (χ3n) is 3.45. The van der Waals surface area contributed by atoms with Crippen molar-refractivity contribution in [1.29, 1.82) is 5.26 Å². The van der Waals surface area contributed by atoms with Crippen molar-refractivity contribution in [2.75, 3.05) is 5.32 Å². The van der Waals surface area contributed by atoms with Crippen molar-refractivity contribution in [2.45, 2.75) is 18.3 Å². The van der Waals surface area contributed by atoms with E-state index in [1.807, 2.05) is 17.5 Å². The van der Waals surface area contributed by atoms with Crippen molar-refractivity contribution in [2.24, 2.45) is 0 Å². The molecule has 0 spiro atoms. The minimum absolute atomic E-state index is 0.0552. The van der Waals surface area contributed by atoms with E-state index in [-0.39, 0.29) is 11.3 Å². The van der Waals surface area contributed by atoms with Crippen LogP contribution >= 0.6 is 11.3 Å². The van der Waals surface area contributed by atoms with Gasteiger partial charge in [-0.25, -0.2) is 0 Å². The smallest absolute Gasteiger partial charge is 0.235 e. The van der Waals surface area contributed by atoms with Crippen molar-refractivity contribution >= 4 is 22.9 Å². The fourth-order valence-electron chi connectivity index (χ4n) is 2.14. The zero-order valence-corrected chi connectivity index (χ0v) is 11.0. The molecule has 0 atom stereocenters. The number of nitrogens with zero attached hydrogens (tertiary/aromatic N) is 1. The van der Waals surface area contributed by atoms with Gasteiger partial charge in [-0.2, -0.15) is 5.26 Å². The zero-order valence-electron chi connectivity index (χ0n) is 10.2. The van der Waals surface area contributed by atoms with Crippen LogP contribution in [0.3, 0.4) is 0 Å². The highest BCUT2D eigenvalue weighted by atomic mass is 32.1. The number of benzene rings is 1. The third-order valence-corrected chi connectivity index (χ3v) is 4.52. The Morgan fingerprint density at radius 1 is 1.26 bits per heavy atom. The molecule has 1 aliphatic carbocycles. The first-order valence-corrected chi connectivity index (χ1v) is 6.98. The SMILES string of the molecule is N#Cc1ccc(NC(=O)C2(c3cccs3)CC2)cc1. The van der Waals surface area contributed by atoms with Crippen molar-refractivity contribution in [3.63, 3.8) is 0 Å². The summed E-state index contributed by atoms with van der Waals surface area (Å²) in [6, 6.07) is 13.0. The molecule has 0 unspecified atom stereocenters. The van der Waals surface area contributed by atoms with Crippen LogP contribution in [0.5, 0.6) is 0 Å². The number of nitriles is 1. The van der Waals surface area contributed by atoms with Gasteiger partial charge in [0.2, 0.25) is 5.91 Å². The average molecular weight is 268 g/mol. The minimum Gasteiger partial charge on any atom is -0.325 e. The van der Waals surface area contributed by atoms with Crippen LogP contribution in [0, 0.1) is 11.3 Å². The second-order valence-electron chi connectivity index (χ2n) is 4.70. The van der Waals surface area contributed by atoms with E-state index in [0.717, 1.165) is 23.4 Å². The summed E-state index contributed by atoms with van der Waals surface area (Å²) in [6.07, 6.45) is 1.82. The predicted molar refractivity (Wildman–Crippen MR) is 75.0 cm³/mol. The van der Waals surface area contributed by atoms with E-state index in [9.17, 15) is 4.79 Å². The van der Waals surface area contributed by atoms with Crippen LogP contribution in [0.1, 0.15) is 23.3 Å². The fourth-order valence-corrected chi connectivity index (χ4v) is 3.12. The van der Waals surface area contributed by atoms with E-state index in [2.05, 4.69) is 11.4 Å². The van der Waals surface area contributed by atoms with Crippen molar-refractivity contribution in [3.05, 3.63) is 52.2 Å². The molecule has 0 aliphatic heterocycles. The van der Waals surface area contributed by atoms with Gasteiger partial charge in [-0.3, -0.25) is 4.79 Å². The Morgan fingerprint density at radius 2 is 2.00 bits per heavy atom. The number of hydrogen-bond acceptors (Lipinski definition) is 3. The van der Waals surface area contributed by atoms with Gasteiger partial charge in [0.15, 0.2) is 0 Å². The van der Waals surface area contributed by atoms with Gasteiger partial charge < -0.3 is 5.32 Å². The molecule has 1 aliphatic rings. The molecule has 0 saturated heterocycles. The summed E-state index contributed by atoms with van der Waals surface area (Å²) in [5, 5.41) is 13.7. The standard InChI is InChI=1S/C15H12N2OS/c16-10-11-3-5-12(6-4-11)17-14(18)15(7-8-15)13-2-1-9-19-13/h1-6,9H,7-8H2,(H,17,18). The largest absolute Gasteiger partial charge is 0.325 e.